The minimum atomic E-state index is -0.402. The van der Waals surface area contributed by atoms with Gasteiger partial charge in [-0.15, -0.1) is 0 Å². The highest BCUT2D eigenvalue weighted by Gasteiger charge is 2.35. The molecule has 0 nitrogen and oxygen atoms in total. The predicted octanol–water partition coefficient (Wildman–Crippen LogP) is 9.77. The molecule has 0 unspecified atom stereocenters. The fraction of sp³-hybridized carbons (Fsp3) is 0.0857. The maximum absolute atomic E-state index is 14.9. The van der Waals surface area contributed by atoms with E-state index in [0.29, 0.717) is 27.3 Å². The molecular weight excluding hydrogens is 439 g/mol. The van der Waals surface area contributed by atoms with E-state index in [2.05, 4.69) is 44.2 Å². The van der Waals surface area contributed by atoms with Crippen LogP contribution >= 0.6 is 0 Å². The van der Waals surface area contributed by atoms with Gasteiger partial charge in [-0.3, -0.25) is 0 Å². The molecule has 6 aromatic carbocycles. The summed E-state index contributed by atoms with van der Waals surface area (Å²) in [6.07, 6.45) is 0. The Balaban J connectivity index is 1.68. The smallest absolute Gasteiger partial charge is 0.123 e. The van der Waals surface area contributed by atoms with E-state index in [1.54, 1.807) is 6.07 Å². The maximum Gasteiger partial charge on any atom is 0.123 e. The van der Waals surface area contributed by atoms with Gasteiger partial charge in [0, 0.05) is 5.41 Å². The molecule has 0 spiro atoms. The Morgan fingerprint density at radius 1 is 0.583 bits per heavy atom. The summed E-state index contributed by atoms with van der Waals surface area (Å²) in [6.45, 7) is 4.41. The molecule has 1 heteroatoms. The largest absolute Gasteiger partial charge is 0.207 e. The molecule has 0 fully saturated rings. The average molecular weight is 469 g/mol. The van der Waals surface area contributed by atoms with Crippen LogP contribution in [0, 0.1) is 5.82 Å². The van der Waals surface area contributed by atoms with Crippen molar-refractivity contribution in [2.24, 2.45) is 0 Å². The molecule has 0 aromatic heterocycles. The van der Waals surface area contributed by atoms with Gasteiger partial charge in [0.1, 0.15) is 5.82 Å². The van der Waals surface area contributed by atoms with Gasteiger partial charge in [0.05, 0.1) is 5.48 Å². The first-order valence-corrected chi connectivity index (χ1v) is 12.2. The van der Waals surface area contributed by atoms with Crippen LogP contribution in [-0.4, -0.2) is 0 Å². The second kappa shape index (κ2) is 7.63. The molecule has 1 aliphatic carbocycles. The van der Waals surface area contributed by atoms with Gasteiger partial charge in [-0.2, -0.15) is 0 Å². The lowest BCUT2D eigenvalue weighted by atomic mass is 9.80. The van der Waals surface area contributed by atoms with Gasteiger partial charge < -0.3 is 0 Å². The molecule has 0 radical (unpaired) electrons. The molecule has 0 saturated carbocycles. The fourth-order valence-electron chi connectivity index (χ4n) is 5.96. The van der Waals surface area contributed by atoms with E-state index in [1.807, 2.05) is 42.5 Å². The van der Waals surface area contributed by atoms with Crippen molar-refractivity contribution in [2.75, 3.05) is 0 Å². The molecular formula is C35H25F. The van der Waals surface area contributed by atoms with Crippen LogP contribution in [0.5, 0.6) is 0 Å². The Hall–Kier alpha value is -4.23. The van der Waals surface area contributed by atoms with Crippen molar-refractivity contribution < 1.29 is 9.87 Å². The molecule has 0 aliphatic heterocycles. The van der Waals surface area contributed by atoms with Gasteiger partial charge in [-0.1, -0.05) is 111 Å². The molecule has 0 bridgehead atoms. The van der Waals surface area contributed by atoms with Gasteiger partial charge in [0.2, 0.25) is 0 Å². The normalized spacial score (nSPS) is 15.2. The van der Waals surface area contributed by atoms with E-state index in [4.69, 9.17) is 5.48 Å². The maximum atomic E-state index is 14.9. The monoisotopic (exact) mass is 468 g/mol. The Kier molecular flexibility index (Phi) is 3.66. The Bertz CT molecular complexity index is 2030. The van der Waals surface area contributed by atoms with Gasteiger partial charge in [-0.05, 0) is 84.3 Å². The second-order valence-electron chi connectivity index (χ2n) is 9.99. The van der Waals surface area contributed by atoms with Crippen molar-refractivity contribution >= 4 is 21.5 Å². The summed E-state index contributed by atoms with van der Waals surface area (Å²) < 4.78 is 50.0. The number of halogens is 1. The predicted molar refractivity (Wildman–Crippen MR) is 150 cm³/mol. The van der Waals surface area contributed by atoms with Crippen LogP contribution < -0.4 is 0 Å². The topological polar surface area (TPSA) is 0 Å². The number of hydrogen-bond donors (Lipinski definition) is 0. The number of benzene rings is 6. The van der Waals surface area contributed by atoms with Gasteiger partial charge in [0.15, 0.2) is 0 Å². The first kappa shape index (κ1) is 17.2. The Morgan fingerprint density at radius 3 is 2.03 bits per heavy atom. The van der Waals surface area contributed by atoms with Crippen molar-refractivity contribution in [2.45, 2.75) is 19.3 Å². The van der Waals surface area contributed by atoms with Crippen LogP contribution in [0.3, 0.4) is 0 Å². The molecule has 172 valence electrons. The molecule has 36 heavy (non-hydrogen) atoms. The number of rotatable bonds is 2. The van der Waals surface area contributed by atoms with Crippen LogP contribution in [0.15, 0.2) is 115 Å². The molecule has 0 atom stereocenters. The minimum Gasteiger partial charge on any atom is -0.207 e. The van der Waals surface area contributed by atoms with Crippen molar-refractivity contribution in [1.29, 1.82) is 0 Å². The summed E-state index contributed by atoms with van der Waals surface area (Å²) in [6, 6.07) is 28.0. The van der Waals surface area contributed by atoms with Gasteiger partial charge >= 0.3 is 0 Å². The lowest BCUT2D eigenvalue weighted by Gasteiger charge is -2.23. The zero-order valence-electron chi connectivity index (χ0n) is 24.0. The lowest BCUT2D eigenvalue weighted by Crippen LogP contribution is -2.14. The first-order chi connectivity index (χ1) is 19.2. The SMILES string of the molecule is [2H]c1c([2H])c([2H])c2c(-c3ccccc3)c3cc(F)ccc3c(-c3ccc4c(c3)C(C)(C)c3ccccc3-4)c2c1[2H]. The second-order valence-corrected chi connectivity index (χ2v) is 9.99. The Morgan fingerprint density at radius 2 is 1.25 bits per heavy atom. The summed E-state index contributed by atoms with van der Waals surface area (Å²) in [5, 5.41) is 2.19. The van der Waals surface area contributed by atoms with Crippen LogP contribution in [0.25, 0.3) is 54.9 Å². The average Bonchev–Trinajstić information content (AvgIpc) is 3.20. The molecule has 0 N–H and O–H groups in total. The van der Waals surface area contributed by atoms with Crippen LogP contribution in [0.1, 0.15) is 30.5 Å². The molecule has 7 rings (SSSR count). The highest BCUT2D eigenvalue weighted by atomic mass is 19.1. The summed E-state index contributed by atoms with van der Waals surface area (Å²) in [4.78, 5) is 0. The van der Waals surface area contributed by atoms with E-state index in [1.165, 1.54) is 23.3 Å². The highest BCUT2D eigenvalue weighted by Crippen LogP contribution is 2.51. The molecule has 1 aliphatic rings. The quantitative estimate of drug-likeness (QED) is 0.222. The van der Waals surface area contributed by atoms with Crippen LogP contribution in [0.2, 0.25) is 0 Å². The van der Waals surface area contributed by atoms with Crippen LogP contribution in [-0.2, 0) is 5.41 Å². The fourth-order valence-corrected chi connectivity index (χ4v) is 5.96. The summed E-state index contributed by atoms with van der Waals surface area (Å²) in [5.41, 5.74) is 7.42. The molecule has 0 saturated heterocycles. The van der Waals surface area contributed by atoms with E-state index >= 15 is 0 Å². The van der Waals surface area contributed by atoms with Crippen molar-refractivity contribution in [3.63, 3.8) is 0 Å². The standard InChI is InChI=1S/C35H25F/c1-35(2)31-15-9-8-12-25(31)26-18-16-23(20-32(26)35)34-28-14-7-6-13-27(28)33(22-10-4-3-5-11-22)30-21-24(36)17-19-29(30)34/h3-21H,1-2H3/i6D,7D,13D,14D. The van der Waals surface area contributed by atoms with Gasteiger partial charge in [-0.25, -0.2) is 4.39 Å². The zero-order valence-corrected chi connectivity index (χ0v) is 20.0. The summed E-state index contributed by atoms with van der Waals surface area (Å²) in [5.74, 6) is -0.402. The first-order valence-electron chi connectivity index (χ1n) is 14.2. The van der Waals surface area contributed by atoms with E-state index in [0.717, 1.165) is 27.6 Å². The third-order valence-electron chi connectivity index (χ3n) is 7.64. The summed E-state index contributed by atoms with van der Waals surface area (Å²) in [7, 11) is 0. The lowest BCUT2D eigenvalue weighted by molar-refractivity contribution is 0.630. The van der Waals surface area contributed by atoms with Crippen molar-refractivity contribution in [1.82, 2.24) is 0 Å². The van der Waals surface area contributed by atoms with Gasteiger partial charge in [0.25, 0.3) is 0 Å². The van der Waals surface area contributed by atoms with E-state index in [9.17, 15) is 4.39 Å². The highest BCUT2D eigenvalue weighted by molar-refractivity contribution is 6.21. The third-order valence-corrected chi connectivity index (χ3v) is 7.64. The van der Waals surface area contributed by atoms with Crippen molar-refractivity contribution in [3.8, 4) is 33.4 Å². The molecule has 0 heterocycles. The summed E-state index contributed by atoms with van der Waals surface area (Å²) >= 11 is 0. The van der Waals surface area contributed by atoms with Crippen LogP contribution in [0.4, 0.5) is 4.39 Å². The number of fused-ring (bicyclic) bond motifs is 5. The number of hydrogen-bond acceptors (Lipinski definition) is 0. The van der Waals surface area contributed by atoms with Crippen molar-refractivity contribution in [3.05, 3.63) is 132 Å². The minimum absolute atomic E-state index is 0.0996. The molecule has 6 aromatic rings. The zero-order chi connectivity index (χ0) is 27.9. The van der Waals surface area contributed by atoms with E-state index in [-0.39, 0.29) is 29.6 Å². The third kappa shape index (κ3) is 2.93. The Labute approximate surface area is 216 Å². The van der Waals surface area contributed by atoms with E-state index < -0.39 is 5.82 Å². The molecule has 0 amide bonds.